The lowest BCUT2D eigenvalue weighted by Gasteiger charge is -2.40. The number of benzene rings is 3. The van der Waals surface area contributed by atoms with Gasteiger partial charge in [-0.15, -0.1) is 0 Å². The fourth-order valence-corrected chi connectivity index (χ4v) is 8.31. The smallest absolute Gasteiger partial charge is 0.332 e. The largest absolute Gasteiger partial charge is 0.493 e. The predicted molar refractivity (Wildman–Crippen MR) is 181 cm³/mol. The SMILES string of the molecule is COC(=O)[C@@]1(Cc2ccccc2)[C@H]2c3cc(C(=O)N4CCCC4)n(Cc4ccc(OC)c(OC)c4)c3C[C@H]2CN1C(=O)c1ccccc1. The van der Waals surface area contributed by atoms with Gasteiger partial charge in [-0.1, -0.05) is 54.6 Å². The summed E-state index contributed by atoms with van der Waals surface area (Å²) in [6, 6.07) is 26.8. The number of fused-ring (bicyclic) bond motifs is 3. The average Bonchev–Trinajstić information content (AvgIpc) is 3.92. The summed E-state index contributed by atoms with van der Waals surface area (Å²) in [6.07, 6.45) is 2.86. The number of aromatic nitrogens is 1. The van der Waals surface area contributed by atoms with Crippen molar-refractivity contribution in [3.8, 4) is 11.5 Å². The number of amides is 2. The third kappa shape index (κ3) is 5.21. The van der Waals surface area contributed by atoms with Crippen molar-refractivity contribution in [2.75, 3.05) is 41.0 Å². The molecule has 0 saturated carbocycles. The highest BCUT2D eigenvalue weighted by atomic mass is 16.5. The Kier molecular flexibility index (Phi) is 8.45. The number of hydrogen-bond donors (Lipinski definition) is 0. The van der Waals surface area contributed by atoms with Gasteiger partial charge in [0, 0.05) is 49.8 Å². The molecule has 2 fully saturated rings. The molecule has 3 aromatic carbocycles. The van der Waals surface area contributed by atoms with Crippen LogP contribution in [0.4, 0.5) is 0 Å². The molecule has 9 nitrogen and oxygen atoms in total. The summed E-state index contributed by atoms with van der Waals surface area (Å²) in [5.41, 5.74) is 3.66. The van der Waals surface area contributed by atoms with Crippen molar-refractivity contribution < 1.29 is 28.6 Å². The Morgan fingerprint density at radius 1 is 0.792 bits per heavy atom. The molecule has 3 aliphatic rings. The lowest BCUT2D eigenvalue weighted by molar-refractivity contribution is -0.153. The Labute approximate surface area is 281 Å². The molecule has 2 aliphatic heterocycles. The Hall–Kier alpha value is -5.05. The van der Waals surface area contributed by atoms with Crippen LogP contribution < -0.4 is 9.47 Å². The molecule has 0 radical (unpaired) electrons. The molecular weight excluding hydrogens is 606 g/mol. The van der Waals surface area contributed by atoms with Gasteiger partial charge in [-0.25, -0.2) is 4.79 Å². The van der Waals surface area contributed by atoms with Crippen molar-refractivity contribution in [2.45, 2.75) is 43.7 Å². The summed E-state index contributed by atoms with van der Waals surface area (Å²) in [5.74, 6) is 0.171. The molecule has 0 unspecified atom stereocenters. The molecule has 9 heteroatoms. The van der Waals surface area contributed by atoms with Gasteiger partial charge in [0.05, 0.1) is 21.3 Å². The maximum atomic E-state index is 14.4. The van der Waals surface area contributed by atoms with Gasteiger partial charge in [-0.05, 0) is 72.2 Å². The molecule has 1 aliphatic carbocycles. The Bertz CT molecular complexity index is 1830. The number of carbonyl (C=O) groups excluding carboxylic acids is 3. The summed E-state index contributed by atoms with van der Waals surface area (Å²) in [4.78, 5) is 46.6. The molecule has 2 amide bonds. The first-order chi connectivity index (χ1) is 23.4. The van der Waals surface area contributed by atoms with Gasteiger partial charge in [0.15, 0.2) is 17.0 Å². The van der Waals surface area contributed by atoms with Gasteiger partial charge in [0.25, 0.3) is 11.8 Å². The number of esters is 1. The van der Waals surface area contributed by atoms with Crippen LogP contribution in [0, 0.1) is 5.92 Å². The van der Waals surface area contributed by atoms with Crippen LogP contribution in [0.5, 0.6) is 11.5 Å². The van der Waals surface area contributed by atoms with Crippen molar-refractivity contribution in [3.05, 3.63) is 119 Å². The number of likely N-dealkylation sites (tertiary alicyclic amines) is 2. The number of methoxy groups -OCH3 is 3. The van der Waals surface area contributed by atoms with Crippen molar-refractivity contribution in [2.24, 2.45) is 5.92 Å². The molecule has 2 saturated heterocycles. The van der Waals surface area contributed by atoms with Crippen molar-refractivity contribution in [3.63, 3.8) is 0 Å². The summed E-state index contributed by atoms with van der Waals surface area (Å²) in [5, 5.41) is 0. The number of hydrogen-bond acceptors (Lipinski definition) is 6. The molecule has 248 valence electrons. The second-order valence-electron chi connectivity index (χ2n) is 13.0. The van der Waals surface area contributed by atoms with E-state index in [1.54, 1.807) is 31.3 Å². The summed E-state index contributed by atoms with van der Waals surface area (Å²) in [6.45, 7) is 2.27. The van der Waals surface area contributed by atoms with E-state index >= 15 is 0 Å². The maximum absolute atomic E-state index is 14.4. The highest BCUT2D eigenvalue weighted by Crippen LogP contribution is 2.55. The zero-order valence-corrected chi connectivity index (χ0v) is 27.7. The van der Waals surface area contributed by atoms with Crippen LogP contribution in [0.1, 0.15) is 62.0 Å². The first-order valence-electron chi connectivity index (χ1n) is 16.6. The van der Waals surface area contributed by atoms with E-state index in [1.165, 1.54) is 7.11 Å². The zero-order valence-electron chi connectivity index (χ0n) is 27.7. The van der Waals surface area contributed by atoms with Gasteiger partial charge < -0.3 is 28.6 Å². The minimum Gasteiger partial charge on any atom is -0.493 e. The number of rotatable bonds is 9. The van der Waals surface area contributed by atoms with Gasteiger partial charge in [-0.3, -0.25) is 9.59 Å². The molecular formula is C39H41N3O6. The Morgan fingerprint density at radius 3 is 2.15 bits per heavy atom. The first kappa shape index (κ1) is 31.5. The van der Waals surface area contributed by atoms with Crippen LogP contribution in [-0.2, 0) is 28.9 Å². The van der Waals surface area contributed by atoms with E-state index in [2.05, 4.69) is 4.57 Å². The Balaban J connectivity index is 1.39. The quantitative estimate of drug-likeness (QED) is 0.228. The van der Waals surface area contributed by atoms with Gasteiger partial charge in [0.1, 0.15) is 5.69 Å². The third-order valence-corrected chi connectivity index (χ3v) is 10.4. The van der Waals surface area contributed by atoms with Crippen LogP contribution in [0.2, 0.25) is 0 Å². The normalized spacial score (nSPS) is 21.1. The van der Waals surface area contributed by atoms with E-state index in [1.807, 2.05) is 77.7 Å². The number of carbonyl (C=O) groups is 3. The molecule has 1 aromatic heterocycles. The molecule has 3 heterocycles. The lowest BCUT2D eigenvalue weighted by atomic mass is 9.75. The third-order valence-electron chi connectivity index (χ3n) is 10.4. The average molecular weight is 648 g/mol. The molecule has 4 aromatic rings. The van der Waals surface area contributed by atoms with Crippen LogP contribution in [0.25, 0.3) is 0 Å². The van der Waals surface area contributed by atoms with Crippen LogP contribution in [0.15, 0.2) is 84.9 Å². The fraction of sp³-hybridized carbons (Fsp3) is 0.359. The lowest BCUT2D eigenvalue weighted by Crippen LogP contribution is -2.58. The van der Waals surface area contributed by atoms with E-state index in [0.29, 0.717) is 42.3 Å². The van der Waals surface area contributed by atoms with E-state index in [-0.39, 0.29) is 30.1 Å². The number of nitrogens with zero attached hydrogens (tertiary/aromatic N) is 3. The van der Waals surface area contributed by atoms with E-state index < -0.39 is 11.5 Å². The van der Waals surface area contributed by atoms with Crippen molar-refractivity contribution in [1.29, 1.82) is 0 Å². The topological polar surface area (TPSA) is 90.3 Å². The van der Waals surface area contributed by atoms with Crippen LogP contribution >= 0.6 is 0 Å². The van der Waals surface area contributed by atoms with Gasteiger partial charge in [0.2, 0.25) is 0 Å². The molecule has 7 rings (SSSR count). The minimum atomic E-state index is -1.32. The molecule has 0 N–H and O–H groups in total. The van der Waals surface area contributed by atoms with Crippen molar-refractivity contribution in [1.82, 2.24) is 14.4 Å². The summed E-state index contributed by atoms with van der Waals surface area (Å²) in [7, 11) is 4.62. The summed E-state index contributed by atoms with van der Waals surface area (Å²) < 4.78 is 18.8. The van der Waals surface area contributed by atoms with E-state index in [0.717, 1.165) is 48.3 Å². The highest BCUT2D eigenvalue weighted by Gasteiger charge is 2.64. The summed E-state index contributed by atoms with van der Waals surface area (Å²) >= 11 is 0. The fourth-order valence-electron chi connectivity index (χ4n) is 8.31. The zero-order chi connectivity index (χ0) is 33.4. The van der Waals surface area contributed by atoms with E-state index in [4.69, 9.17) is 14.2 Å². The molecule has 0 bridgehead atoms. The van der Waals surface area contributed by atoms with Crippen LogP contribution in [-0.4, -0.2) is 78.7 Å². The predicted octanol–water partition coefficient (Wildman–Crippen LogP) is 5.36. The minimum absolute atomic E-state index is 0.0131. The maximum Gasteiger partial charge on any atom is 0.332 e. The van der Waals surface area contributed by atoms with E-state index in [9.17, 15) is 14.4 Å². The molecule has 0 spiro atoms. The standard InChI is InChI=1S/C39H41N3O6/c1-46-33-17-16-27(20-34(33)47-2)24-41-31-21-29-25-42(36(43)28-14-8-5-9-15-28)39(38(45)48-3,23-26-12-6-4-7-13-26)35(29)30(31)22-32(41)37(44)40-18-10-11-19-40/h4-9,12-17,20,22,29,35H,10-11,18-19,21,23-25H2,1-3H3/t29-,35+,39+/m0/s1. The van der Waals surface area contributed by atoms with Gasteiger partial charge >= 0.3 is 5.97 Å². The van der Waals surface area contributed by atoms with Gasteiger partial charge in [-0.2, -0.15) is 0 Å². The van der Waals surface area contributed by atoms with Crippen molar-refractivity contribution >= 4 is 17.8 Å². The highest BCUT2D eigenvalue weighted by molar-refractivity contribution is 6.00. The monoisotopic (exact) mass is 647 g/mol. The second-order valence-corrected chi connectivity index (χ2v) is 13.0. The molecule has 48 heavy (non-hydrogen) atoms. The first-order valence-corrected chi connectivity index (χ1v) is 16.6. The molecule has 3 atom stereocenters. The second kappa shape index (κ2) is 12.9. The number of ether oxygens (including phenoxy) is 3. The van der Waals surface area contributed by atoms with Crippen LogP contribution in [0.3, 0.4) is 0 Å². The Morgan fingerprint density at radius 2 is 1.48 bits per heavy atom.